The highest BCUT2D eigenvalue weighted by molar-refractivity contribution is 7.96. The molecule has 44 heavy (non-hydrogen) atoms. The summed E-state index contributed by atoms with van der Waals surface area (Å²) >= 11 is 1.99. The highest BCUT2D eigenvalue weighted by Crippen LogP contribution is 2.44. The number of anilines is 2. The average molecular weight is 613 g/mol. The molecule has 3 aromatic carbocycles. The van der Waals surface area contributed by atoms with Crippen molar-refractivity contribution in [1.82, 2.24) is 9.62 Å². The summed E-state index contributed by atoms with van der Waals surface area (Å²) in [7, 11) is 1.58. The highest BCUT2D eigenvalue weighted by Gasteiger charge is 2.36. The summed E-state index contributed by atoms with van der Waals surface area (Å²) in [6.07, 6.45) is 7.32. The minimum absolute atomic E-state index is 0.142. The number of piperidine rings is 2. The van der Waals surface area contributed by atoms with Gasteiger partial charge < -0.3 is 15.0 Å². The summed E-state index contributed by atoms with van der Waals surface area (Å²) < 4.78 is 2.59. The van der Waals surface area contributed by atoms with Crippen molar-refractivity contribution < 1.29 is 14.4 Å². The highest BCUT2D eigenvalue weighted by atomic mass is 32.2. The molecule has 2 amide bonds. The van der Waals surface area contributed by atoms with Gasteiger partial charge in [-0.2, -0.15) is 0 Å². The summed E-state index contributed by atoms with van der Waals surface area (Å²) in [4.78, 5) is 41.5. The molecule has 1 N–H and O–H groups in total. The molecule has 0 aromatic heterocycles. The van der Waals surface area contributed by atoms with E-state index in [9.17, 15) is 14.4 Å². The van der Waals surface area contributed by atoms with Crippen LogP contribution >= 0.6 is 11.9 Å². The number of amides is 2. The Labute approximate surface area is 265 Å². The van der Waals surface area contributed by atoms with E-state index in [2.05, 4.69) is 64.8 Å². The van der Waals surface area contributed by atoms with Crippen LogP contribution in [0.3, 0.4) is 0 Å². The molecule has 3 aromatic rings. The van der Waals surface area contributed by atoms with Crippen LogP contribution in [0.4, 0.5) is 11.4 Å². The van der Waals surface area contributed by atoms with Crippen LogP contribution in [-0.2, 0) is 15.3 Å². The third kappa shape index (κ3) is 5.98. The number of hydrogen-bond acceptors (Lipinski definition) is 6. The van der Waals surface area contributed by atoms with Crippen LogP contribution in [0.15, 0.2) is 54.6 Å². The zero-order valence-corrected chi connectivity index (χ0v) is 27.0. The van der Waals surface area contributed by atoms with Crippen molar-refractivity contribution in [2.24, 2.45) is 0 Å². The summed E-state index contributed by atoms with van der Waals surface area (Å²) in [6.45, 7) is 7.82. The number of rotatable bonds is 10. The smallest absolute Gasteiger partial charge is 0.259 e. The molecule has 3 heterocycles. The Morgan fingerprint density at radius 1 is 1.05 bits per heavy atom. The summed E-state index contributed by atoms with van der Waals surface area (Å²) in [5.74, 6) is 1.24. The second-order valence-corrected chi connectivity index (χ2v) is 14.1. The third-order valence-corrected chi connectivity index (χ3v) is 11.3. The van der Waals surface area contributed by atoms with Gasteiger partial charge >= 0.3 is 0 Å². The fraction of sp³-hybridized carbons (Fsp3) is 0.472. The van der Waals surface area contributed by atoms with E-state index in [1.54, 1.807) is 11.9 Å². The van der Waals surface area contributed by atoms with Crippen LogP contribution < -0.4 is 15.1 Å². The Balaban J connectivity index is 1.15. The van der Waals surface area contributed by atoms with Gasteiger partial charge in [-0.15, -0.1) is 0 Å². The minimum Gasteiger partial charge on any atom is -0.371 e. The first-order valence-corrected chi connectivity index (χ1v) is 17.0. The van der Waals surface area contributed by atoms with Crippen molar-refractivity contribution in [3.05, 3.63) is 71.3 Å². The molecule has 6 rings (SSSR count). The predicted molar refractivity (Wildman–Crippen MR) is 180 cm³/mol. The number of nitrogens with one attached hydrogen (secondary N) is 1. The van der Waals surface area contributed by atoms with E-state index in [-0.39, 0.29) is 30.2 Å². The van der Waals surface area contributed by atoms with E-state index in [0.717, 1.165) is 60.1 Å². The van der Waals surface area contributed by atoms with Gasteiger partial charge in [0.2, 0.25) is 5.91 Å². The van der Waals surface area contributed by atoms with Crippen molar-refractivity contribution in [2.45, 2.75) is 82.0 Å². The maximum absolute atomic E-state index is 13.5. The van der Waals surface area contributed by atoms with E-state index in [1.807, 2.05) is 30.1 Å². The number of aldehydes is 1. The first-order chi connectivity index (χ1) is 21.3. The maximum Gasteiger partial charge on any atom is 0.259 e. The Hall–Kier alpha value is -3.36. The normalized spacial score (nSPS) is 19.4. The number of nitrogens with zero attached hydrogens (tertiary/aromatic N) is 3. The van der Waals surface area contributed by atoms with E-state index < -0.39 is 6.04 Å². The van der Waals surface area contributed by atoms with Crippen molar-refractivity contribution in [3.8, 4) is 0 Å². The van der Waals surface area contributed by atoms with Gasteiger partial charge in [-0.05, 0) is 81.2 Å². The summed E-state index contributed by atoms with van der Waals surface area (Å²) in [5.41, 5.74) is 5.64. The number of benzene rings is 3. The number of carbonyl (C=O) groups is 3. The van der Waals surface area contributed by atoms with Gasteiger partial charge in [0.05, 0.1) is 11.7 Å². The zero-order valence-electron chi connectivity index (χ0n) is 26.2. The fourth-order valence-electron chi connectivity index (χ4n) is 7.28. The summed E-state index contributed by atoms with van der Waals surface area (Å²) in [5, 5.41) is 4.55. The van der Waals surface area contributed by atoms with Crippen LogP contribution in [0.1, 0.15) is 86.2 Å². The molecule has 7 nitrogen and oxygen atoms in total. The Kier molecular flexibility index (Phi) is 9.01. The SMILES string of the molecule is CNC(=O)CCC(C=O)N1C(=O)c2cccc3c(N4CCC(c5cccc(CSN6CCCCC6(C)C)c5)CC4)ccc1c23. The van der Waals surface area contributed by atoms with Crippen molar-refractivity contribution in [3.63, 3.8) is 0 Å². The lowest BCUT2D eigenvalue weighted by Crippen LogP contribution is -2.42. The van der Waals surface area contributed by atoms with Crippen LogP contribution in [0, 0.1) is 0 Å². The van der Waals surface area contributed by atoms with E-state index >= 15 is 0 Å². The maximum atomic E-state index is 13.5. The third-order valence-electron chi connectivity index (χ3n) is 9.86. The fourth-order valence-corrected chi connectivity index (χ4v) is 8.46. The molecule has 0 aliphatic carbocycles. The van der Waals surface area contributed by atoms with Crippen molar-refractivity contribution in [1.29, 1.82) is 0 Å². The molecule has 232 valence electrons. The average Bonchev–Trinajstić information content (AvgIpc) is 3.33. The van der Waals surface area contributed by atoms with Gasteiger partial charge in [0.25, 0.3) is 5.91 Å². The lowest BCUT2D eigenvalue weighted by Gasteiger charge is -2.41. The van der Waals surface area contributed by atoms with Crippen LogP contribution in [0.2, 0.25) is 0 Å². The molecule has 0 saturated carbocycles. The molecule has 1 unspecified atom stereocenters. The molecule has 3 aliphatic heterocycles. The van der Waals surface area contributed by atoms with Gasteiger partial charge in [-0.1, -0.05) is 54.8 Å². The van der Waals surface area contributed by atoms with Crippen molar-refractivity contribution in [2.75, 3.05) is 36.5 Å². The number of hydrogen-bond donors (Lipinski definition) is 1. The molecule has 0 spiro atoms. The molecule has 3 aliphatic rings. The van der Waals surface area contributed by atoms with Crippen molar-refractivity contribution >= 4 is 52.2 Å². The second kappa shape index (κ2) is 12.9. The van der Waals surface area contributed by atoms with E-state index in [4.69, 9.17) is 0 Å². The molecule has 0 radical (unpaired) electrons. The minimum atomic E-state index is -0.683. The van der Waals surface area contributed by atoms with Crippen LogP contribution in [0.5, 0.6) is 0 Å². The van der Waals surface area contributed by atoms with Crippen LogP contribution in [0.25, 0.3) is 10.8 Å². The standard InChI is InChI=1S/C36H44N4O3S/c1-36(2)18-4-5-19-39(36)44-24-25-8-6-9-27(22-25)26-16-20-38(21-17-26)31-13-14-32-34-29(31)10-7-11-30(34)35(43)40(32)28(23-41)12-15-33(42)37-3/h6-11,13-14,22-23,26,28H,4-5,12,15-21,24H2,1-3H3,(H,37,42). The molecular weight excluding hydrogens is 568 g/mol. The Morgan fingerprint density at radius 2 is 1.82 bits per heavy atom. The van der Waals surface area contributed by atoms with Gasteiger partial charge in [0, 0.05) is 66.4 Å². The molecule has 8 heteroatoms. The monoisotopic (exact) mass is 612 g/mol. The lowest BCUT2D eigenvalue weighted by atomic mass is 9.88. The molecular formula is C36H44N4O3S. The lowest BCUT2D eigenvalue weighted by molar-refractivity contribution is -0.120. The van der Waals surface area contributed by atoms with E-state index in [0.29, 0.717) is 11.5 Å². The van der Waals surface area contributed by atoms with Gasteiger partial charge in [-0.3, -0.25) is 14.5 Å². The van der Waals surface area contributed by atoms with Gasteiger partial charge in [0.15, 0.2) is 0 Å². The first-order valence-electron chi connectivity index (χ1n) is 16.1. The number of carbonyl (C=O) groups excluding carboxylic acids is 3. The van der Waals surface area contributed by atoms with E-state index in [1.165, 1.54) is 36.9 Å². The second-order valence-electron chi connectivity index (χ2n) is 13.1. The quantitative estimate of drug-likeness (QED) is 0.203. The summed E-state index contributed by atoms with van der Waals surface area (Å²) in [6, 6.07) is 18.5. The molecule has 2 fully saturated rings. The molecule has 1 atom stereocenters. The first kappa shape index (κ1) is 30.7. The predicted octanol–water partition coefficient (Wildman–Crippen LogP) is 6.69. The molecule has 0 bridgehead atoms. The Morgan fingerprint density at radius 3 is 2.57 bits per heavy atom. The van der Waals surface area contributed by atoms with Gasteiger partial charge in [-0.25, -0.2) is 4.31 Å². The van der Waals surface area contributed by atoms with Gasteiger partial charge in [0.1, 0.15) is 6.29 Å². The topological polar surface area (TPSA) is 73.0 Å². The zero-order chi connectivity index (χ0) is 30.8. The largest absolute Gasteiger partial charge is 0.371 e. The Bertz CT molecular complexity index is 1550. The molecule has 2 saturated heterocycles. The van der Waals surface area contributed by atoms with Crippen LogP contribution in [-0.4, -0.2) is 60.7 Å².